The number of primary amides is 1. The lowest BCUT2D eigenvalue weighted by atomic mass is 10.1. The van der Waals surface area contributed by atoms with Crippen molar-refractivity contribution in [1.82, 2.24) is 4.90 Å². The summed E-state index contributed by atoms with van der Waals surface area (Å²) in [5, 5.41) is 11.2. The van der Waals surface area contributed by atoms with Crippen LogP contribution in [0.15, 0.2) is 54.6 Å². The van der Waals surface area contributed by atoms with E-state index in [1.807, 2.05) is 41.3 Å². The smallest absolute Gasteiger partial charge is 0.405 e. The highest BCUT2D eigenvalue weighted by atomic mass is 16.6. The minimum absolute atomic E-state index is 0.134. The van der Waals surface area contributed by atoms with Crippen LogP contribution in [0.5, 0.6) is 0 Å². The number of nitro benzene ring substituents is 1. The van der Waals surface area contributed by atoms with Crippen molar-refractivity contribution in [2.45, 2.75) is 12.5 Å². The fourth-order valence-corrected chi connectivity index (χ4v) is 3.50. The molecule has 1 aliphatic rings. The Morgan fingerprint density at radius 2 is 1.71 bits per heavy atom. The first-order chi connectivity index (χ1) is 13.5. The molecule has 8 nitrogen and oxygen atoms in total. The molecule has 0 spiro atoms. The Hall–Kier alpha value is -3.13. The number of hydrogen-bond acceptors (Lipinski definition) is 6. The first kappa shape index (κ1) is 19.6. The number of amides is 1. The number of nitrogens with two attached hydrogens (primary N) is 1. The third kappa shape index (κ3) is 4.98. The molecule has 2 N–H and O–H groups in total. The average molecular weight is 384 g/mol. The van der Waals surface area contributed by atoms with Gasteiger partial charge in [0.1, 0.15) is 11.8 Å². The molecule has 0 saturated carbocycles. The lowest BCUT2D eigenvalue weighted by Gasteiger charge is -2.36. The van der Waals surface area contributed by atoms with Gasteiger partial charge >= 0.3 is 6.09 Å². The number of rotatable bonds is 7. The number of hydrogen-bond donors (Lipinski definition) is 1. The molecule has 0 bridgehead atoms. The zero-order valence-corrected chi connectivity index (χ0v) is 15.6. The van der Waals surface area contributed by atoms with Crippen LogP contribution in [0.3, 0.4) is 0 Å². The van der Waals surface area contributed by atoms with Crippen molar-refractivity contribution < 1.29 is 14.5 Å². The van der Waals surface area contributed by atoms with Crippen LogP contribution in [0.4, 0.5) is 16.2 Å². The number of ether oxygens (including phenoxy) is 1. The molecule has 1 amide bonds. The molecular weight excluding hydrogens is 360 g/mol. The largest absolute Gasteiger partial charge is 0.441 e. The van der Waals surface area contributed by atoms with Gasteiger partial charge in [-0.05, 0) is 11.6 Å². The van der Waals surface area contributed by atoms with Crippen molar-refractivity contribution in [2.24, 2.45) is 5.73 Å². The fraction of sp³-hybridized carbons (Fsp3) is 0.350. The quantitative estimate of drug-likeness (QED) is 0.582. The van der Waals surface area contributed by atoms with E-state index in [1.54, 1.807) is 12.1 Å². The summed E-state index contributed by atoms with van der Waals surface area (Å²) in [6, 6.07) is 16.4. The van der Waals surface area contributed by atoms with Crippen molar-refractivity contribution in [3.05, 3.63) is 70.3 Å². The van der Waals surface area contributed by atoms with Crippen LogP contribution in [0, 0.1) is 10.1 Å². The van der Waals surface area contributed by atoms with E-state index in [0.29, 0.717) is 25.2 Å². The van der Waals surface area contributed by atoms with E-state index in [2.05, 4.69) is 4.90 Å². The SMILES string of the molecule is NC(=O)OC(CCN1CCN(c2ccccc2[N+](=O)[O-])CC1)c1ccccc1. The van der Waals surface area contributed by atoms with Gasteiger partial charge in [0.15, 0.2) is 0 Å². The monoisotopic (exact) mass is 384 g/mol. The normalized spacial score (nSPS) is 15.8. The number of carbonyl (C=O) groups excluding carboxylic acids is 1. The first-order valence-corrected chi connectivity index (χ1v) is 9.26. The Morgan fingerprint density at radius 3 is 2.36 bits per heavy atom. The summed E-state index contributed by atoms with van der Waals surface area (Å²) in [5.41, 5.74) is 6.93. The van der Waals surface area contributed by atoms with Gasteiger partial charge in [-0.25, -0.2) is 4.79 Å². The van der Waals surface area contributed by atoms with Crippen molar-refractivity contribution in [1.29, 1.82) is 0 Å². The number of benzene rings is 2. The Bertz CT molecular complexity index is 807. The molecule has 1 saturated heterocycles. The van der Waals surface area contributed by atoms with Gasteiger partial charge in [0.25, 0.3) is 5.69 Å². The number of anilines is 1. The number of nitrogens with zero attached hydrogens (tertiary/aromatic N) is 3. The maximum atomic E-state index is 11.2. The second-order valence-electron chi connectivity index (χ2n) is 6.70. The molecule has 2 aromatic rings. The summed E-state index contributed by atoms with van der Waals surface area (Å²) in [6.45, 7) is 3.72. The molecule has 8 heteroatoms. The van der Waals surface area contributed by atoms with Gasteiger partial charge in [-0.2, -0.15) is 0 Å². The summed E-state index contributed by atoms with van der Waals surface area (Å²) in [7, 11) is 0. The Balaban J connectivity index is 1.56. The topological polar surface area (TPSA) is 102 Å². The molecular formula is C20H24N4O4. The molecule has 3 rings (SSSR count). The number of carbonyl (C=O) groups is 1. The van der Waals surface area contributed by atoms with Crippen LogP contribution in [-0.2, 0) is 4.74 Å². The Labute approximate surface area is 163 Å². The van der Waals surface area contributed by atoms with E-state index in [1.165, 1.54) is 6.07 Å². The average Bonchev–Trinajstić information content (AvgIpc) is 2.72. The van der Waals surface area contributed by atoms with Crippen molar-refractivity contribution in [3.8, 4) is 0 Å². The van der Waals surface area contributed by atoms with Gasteiger partial charge in [-0.15, -0.1) is 0 Å². The molecule has 2 aromatic carbocycles. The minimum atomic E-state index is -0.782. The molecule has 1 aliphatic heterocycles. The summed E-state index contributed by atoms with van der Waals surface area (Å²) < 4.78 is 5.29. The van der Waals surface area contributed by atoms with Gasteiger partial charge in [0.2, 0.25) is 0 Å². The second kappa shape index (κ2) is 9.18. The Kier molecular flexibility index (Phi) is 6.44. The van der Waals surface area contributed by atoms with E-state index >= 15 is 0 Å². The van der Waals surface area contributed by atoms with Crippen LogP contribution in [0.2, 0.25) is 0 Å². The zero-order valence-electron chi connectivity index (χ0n) is 15.6. The third-order valence-electron chi connectivity index (χ3n) is 4.93. The highest BCUT2D eigenvalue weighted by Crippen LogP contribution is 2.28. The maximum absolute atomic E-state index is 11.2. The molecule has 148 valence electrons. The first-order valence-electron chi connectivity index (χ1n) is 9.26. The highest BCUT2D eigenvalue weighted by molar-refractivity contribution is 5.65. The molecule has 28 heavy (non-hydrogen) atoms. The van der Waals surface area contributed by atoms with E-state index < -0.39 is 6.09 Å². The molecule has 1 atom stereocenters. The number of nitro groups is 1. The molecule has 0 aromatic heterocycles. The van der Waals surface area contributed by atoms with E-state index in [-0.39, 0.29) is 16.7 Å². The standard InChI is InChI=1S/C20H24N4O4/c21-20(25)28-19(16-6-2-1-3-7-16)10-11-22-12-14-23(15-13-22)17-8-4-5-9-18(17)24(26)27/h1-9,19H,10-15H2,(H2,21,25). The predicted molar refractivity (Wildman–Crippen MR) is 106 cm³/mol. The van der Waals surface area contributed by atoms with E-state index in [4.69, 9.17) is 10.5 Å². The van der Waals surface area contributed by atoms with Gasteiger partial charge in [0.05, 0.1) is 4.92 Å². The summed E-state index contributed by atoms with van der Waals surface area (Å²) in [5.74, 6) is 0. The lowest BCUT2D eigenvalue weighted by molar-refractivity contribution is -0.384. The third-order valence-corrected chi connectivity index (χ3v) is 4.93. The van der Waals surface area contributed by atoms with Gasteiger partial charge in [-0.3, -0.25) is 15.0 Å². The van der Waals surface area contributed by atoms with Crippen molar-refractivity contribution in [3.63, 3.8) is 0 Å². The minimum Gasteiger partial charge on any atom is -0.441 e. The van der Waals surface area contributed by atoms with Crippen LogP contribution in [-0.4, -0.2) is 48.6 Å². The van der Waals surface area contributed by atoms with Crippen LogP contribution in [0.1, 0.15) is 18.1 Å². The van der Waals surface area contributed by atoms with E-state index in [0.717, 1.165) is 25.2 Å². The second-order valence-corrected chi connectivity index (χ2v) is 6.70. The molecule has 1 heterocycles. The summed E-state index contributed by atoms with van der Waals surface area (Å²) in [6.07, 6.45) is -0.527. The fourth-order valence-electron chi connectivity index (χ4n) is 3.50. The molecule has 0 aliphatic carbocycles. The lowest BCUT2D eigenvalue weighted by Crippen LogP contribution is -2.47. The summed E-state index contributed by atoms with van der Waals surface area (Å²) >= 11 is 0. The molecule has 1 unspecified atom stereocenters. The van der Waals surface area contributed by atoms with Crippen molar-refractivity contribution >= 4 is 17.5 Å². The Morgan fingerprint density at radius 1 is 1.07 bits per heavy atom. The highest BCUT2D eigenvalue weighted by Gasteiger charge is 2.24. The van der Waals surface area contributed by atoms with Crippen LogP contribution < -0.4 is 10.6 Å². The van der Waals surface area contributed by atoms with Gasteiger partial charge < -0.3 is 15.4 Å². The maximum Gasteiger partial charge on any atom is 0.405 e. The molecule has 1 fully saturated rings. The van der Waals surface area contributed by atoms with E-state index in [9.17, 15) is 14.9 Å². The van der Waals surface area contributed by atoms with Gasteiger partial charge in [-0.1, -0.05) is 42.5 Å². The predicted octanol–water partition coefficient (Wildman–Crippen LogP) is 2.94. The van der Waals surface area contributed by atoms with Crippen LogP contribution >= 0.6 is 0 Å². The van der Waals surface area contributed by atoms with Crippen molar-refractivity contribution in [2.75, 3.05) is 37.6 Å². The zero-order chi connectivity index (χ0) is 19.9. The van der Waals surface area contributed by atoms with Crippen LogP contribution in [0.25, 0.3) is 0 Å². The molecule has 0 radical (unpaired) electrons. The van der Waals surface area contributed by atoms with Gasteiger partial charge in [0, 0.05) is 45.2 Å². The summed E-state index contributed by atoms with van der Waals surface area (Å²) in [4.78, 5) is 26.5. The number of para-hydroxylation sites is 2. The number of piperazine rings is 1.